The first-order valence-electron chi connectivity index (χ1n) is 1.89. The van der Waals surface area contributed by atoms with Gasteiger partial charge < -0.3 is 10.4 Å². The number of nitrogens with zero attached hydrogens (tertiary/aromatic N) is 1. The van der Waals surface area contributed by atoms with E-state index in [9.17, 15) is 0 Å². The van der Waals surface area contributed by atoms with Crippen molar-refractivity contribution in [3.8, 4) is 0 Å². The molecular formula is C3H6N2O2. The predicted molar refractivity (Wildman–Crippen MR) is 22.3 cm³/mol. The molecule has 0 aromatic rings. The van der Waals surface area contributed by atoms with Crippen LogP contribution in [0.15, 0.2) is 12.1 Å². The molecule has 1 heterocycles. The summed E-state index contributed by atoms with van der Waals surface area (Å²) >= 11 is 0. The molecule has 7 heavy (non-hydrogen) atoms. The second-order valence-electron chi connectivity index (χ2n) is 1.26. The number of aliphatic hydroxyl groups excluding tert-OH is 1. The largest absolute Gasteiger partial charge is 0.492 e. The summed E-state index contributed by atoms with van der Waals surface area (Å²) in [5.41, 5.74) is 0. The van der Waals surface area contributed by atoms with Gasteiger partial charge in [0.15, 0.2) is 0 Å². The zero-order valence-corrected chi connectivity index (χ0v) is 3.63. The molecule has 0 fully saturated rings. The monoisotopic (exact) mass is 102 g/mol. The first-order valence-corrected chi connectivity index (χ1v) is 1.89. The van der Waals surface area contributed by atoms with Crippen LogP contribution >= 0.6 is 0 Å². The van der Waals surface area contributed by atoms with E-state index in [2.05, 4.69) is 5.32 Å². The van der Waals surface area contributed by atoms with Crippen molar-refractivity contribution in [3.05, 3.63) is 12.1 Å². The zero-order chi connectivity index (χ0) is 5.28. The zero-order valence-electron chi connectivity index (χ0n) is 3.63. The van der Waals surface area contributed by atoms with Crippen LogP contribution in [-0.4, -0.2) is 22.0 Å². The van der Waals surface area contributed by atoms with Crippen molar-refractivity contribution in [2.45, 2.75) is 0 Å². The van der Waals surface area contributed by atoms with Gasteiger partial charge in [0.1, 0.15) is 6.67 Å². The van der Waals surface area contributed by atoms with Crippen LogP contribution < -0.4 is 5.32 Å². The Balaban J connectivity index is 2.54. The van der Waals surface area contributed by atoms with Crippen molar-refractivity contribution in [1.29, 1.82) is 0 Å². The molecule has 0 atom stereocenters. The van der Waals surface area contributed by atoms with Crippen LogP contribution in [0.2, 0.25) is 0 Å². The van der Waals surface area contributed by atoms with Gasteiger partial charge in [-0.1, -0.05) is 0 Å². The molecule has 0 aromatic carbocycles. The SMILES string of the molecule is OC1=CNCN1O. The molecule has 4 heteroatoms. The highest BCUT2D eigenvalue weighted by molar-refractivity contribution is 4.90. The van der Waals surface area contributed by atoms with Crippen molar-refractivity contribution in [2.24, 2.45) is 0 Å². The Kier molecular flexibility index (Phi) is 0.796. The summed E-state index contributed by atoms with van der Waals surface area (Å²) in [7, 11) is 0. The number of hydrogen-bond donors (Lipinski definition) is 3. The molecule has 0 saturated heterocycles. The maximum absolute atomic E-state index is 8.47. The minimum atomic E-state index is -0.139. The van der Waals surface area contributed by atoms with E-state index in [0.717, 1.165) is 0 Å². The molecule has 0 bridgehead atoms. The van der Waals surface area contributed by atoms with Gasteiger partial charge in [0.05, 0.1) is 6.20 Å². The number of nitrogens with one attached hydrogen (secondary N) is 1. The molecule has 0 saturated carbocycles. The van der Waals surface area contributed by atoms with E-state index in [-0.39, 0.29) is 12.6 Å². The predicted octanol–water partition coefficient (Wildman–Crippen LogP) is -0.405. The van der Waals surface area contributed by atoms with Gasteiger partial charge in [-0.3, -0.25) is 5.21 Å². The molecule has 0 unspecified atom stereocenters. The molecule has 40 valence electrons. The molecule has 0 radical (unpaired) electrons. The van der Waals surface area contributed by atoms with Gasteiger partial charge in [-0.2, -0.15) is 0 Å². The molecule has 0 aliphatic carbocycles. The van der Waals surface area contributed by atoms with E-state index in [1.165, 1.54) is 6.20 Å². The van der Waals surface area contributed by atoms with Crippen molar-refractivity contribution in [1.82, 2.24) is 10.4 Å². The Hall–Kier alpha value is -0.900. The van der Waals surface area contributed by atoms with Crippen LogP contribution in [0.3, 0.4) is 0 Å². The molecule has 3 N–H and O–H groups in total. The van der Waals surface area contributed by atoms with E-state index in [4.69, 9.17) is 10.3 Å². The van der Waals surface area contributed by atoms with Crippen molar-refractivity contribution in [3.63, 3.8) is 0 Å². The van der Waals surface area contributed by atoms with E-state index in [1.807, 2.05) is 0 Å². The van der Waals surface area contributed by atoms with Gasteiger partial charge in [0.2, 0.25) is 5.88 Å². The highest BCUT2D eigenvalue weighted by Gasteiger charge is 2.07. The lowest BCUT2D eigenvalue weighted by atomic mass is 10.9. The summed E-state index contributed by atoms with van der Waals surface area (Å²) in [6.45, 7) is 0.270. The average Bonchev–Trinajstić information content (AvgIpc) is 1.91. The minimum absolute atomic E-state index is 0.139. The quantitative estimate of drug-likeness (QED) is 0.389. The molecule has 4 nitrogen and oxygen atoms in total. The number of hydrogen-bond acceptors (Lipinski definition) is 4. The fourth-order valence-corrected chi connectivity index (χ4v) is 0.379. The molecule has 1 aliphatic rings. The third kappa shape index (κ3) is 0.592. The Morgan fingerprint density at radius 2 is 2.57 bits per heavy atom. The van der Waals surface area contributed by atoms with Gasteiger partial charge in [-0.05, 0) is 0 Å². The molecule has 1 aliphatic heterocycles. The third-order valence-electron chi connectivity index (χ3n) is 0.737. The fourth-order valence-electron chi connectivity index (χ4n) is 0.379. The van der Waals surface area contributed by atoms with E-state index < -0.39 is 0 Å². The second-order valence-corrected chi connectivity index (χ2v) is 1.26. The van der Waals surface area contributed by atoms with Gasteiger partial charge in [0.25, 0.3) is 0 Å². The number of rotatable bonds is 0. The van der Waals surface area contributed by atoms with Gasteiger partial charge in [0, 0.05) is 0 Å². The highest BCUT2D eigenvalue weighted by Crippen LogP contribution is 1.96. The van der Waals surface area contributed by atoms with Gasteiger partial charge in [-0.25, -0.2) is 5.06 Å². The van der Waals surface area contributed by atoms with Crippen molar-refractivity contribution >= 4 is 0 Å². The van der Waals surface area contributed by atoms with Crippen LogP contribution in [0.25, 0.3) is 0 Å². The Bertz CT molecular complexity index is 101. The summed E-state index contributed by atoms with van der Waals surface area (Å²) < 4.78 is 0. The smallest absolute Gasteiger partial charge is 0.229 e. The van der Waals surface area contributed by atoms with Crippen LogP contribution in [-0.2, 0) is 0 Å². The molecule has 0 aromatic heterocycles. The lowest BCUT2D eigenvalue weighted by Crippen LogP contribution is -2.18. The van der Waals surface area contributed by atoms with E-state index >= 15 is 0 Å². The first-order chi connectivity index (χ1) is 3.30. The Morgan fingerprint density at radius 3 is 2.71 bits per heavy atom. The van der Waals surface area contributed by atoms with Crippen LogP contribution in [0.1, 0.15) is 0 Å². The molecular weight excluding hydrogens is 96.0 g/mol. The topological polar surface area (TPSA) is 55.7 Å². The van der Waals surface area contributed by atoms with E-state index in [1.54, 1.807) is 0 Å². The standard InChI is InChI=1S/C3H6N2O2/c6-3-1-4-2-5(3)7/h1,4,6-7H,2H2. The van der Waals surface area contributed by atoms with Crippen LogP contribution in [0.5, 0.6) is 0 Å². The van der Waals surface area contributed by atoms with Crippen molar-refractivity contribution in [2.75, 3.05) is 6.67 Å². The van der Waals surface area contributed by atoms with E-state index in [0.29, 0.717) is 5.06 Å². The van der Waals surface area contributed by atoms with Crippen molar-refractivity contribution < 1.29 is 10.3 Å². The normalized spacial score (nSPS) is 19.0. The minimum Gasteiger partial charge on any atom is -0.492 e. The van der Waals surface area contributed by atoms with Gasteiger partial charge in [-0.15, -0.1) is 0 Å². The summed E-state index contributed by atoms with van der Waals surface area (Å²) in [6, 6.07) is 0. The van der Waals surface area contributed by atoms with Crippen LogP contribution in [0, 0.1) is 0 Å². The fraction of sp³-hybridized carbons (Fsp3) is 0.333. The molecule has 0 spiro atoms. The maximum atomic E-state index is 8.47. The Labute approximate surface area is 40.6 Å². The number of hydroxylamine groups is 2. The molecule has 0 amide bonds. The summed E-state index contributed by atoms with van der Waals surface area (Å²) in [6.07, 6.45) is 1.32. The lowest BCUT2D eigenvalue weighted by Gasteiger charge is -2.04. The summed E-state index contributed by atoms with van der Waals surface area (Å²) in [4.78, 5) is 0. The lowest BCUT2D eigenvalue weighted by molar-refractivity contribution is -0.0835. The molecule has 1 rings (SSSR count). The maximum Gasteiger partial charge on any atom is 0.229 e. The summed E-state index contributed by atoms with van der Waals surface area (Å²) in [5.74, 6) is -0.139. The van der Waals surface area contributed by atoms with Crippen LogP contribution in [0.4, 0.5) is 0 Å². The first kappa shape index (κ1) is 4.26. The van der Waals surface area contributed by atoms with Gasteiger partial charge >= 0.3 is 0 Å². The summed E-state index contributed by atoms with van der Waals surface area (Å²) in [5, 5.41) is 20.2. The third-order valence-corrected chi connectivity index (χ3v) is 0.737. The number of aliphatic hydroxyl groups is 1. The highest BCUT2D eigenvalue weighted by atomic mass is 16.5. The average molecular weight is 102 g/mol. The Morgan fingerprint density at radius 1 is 1.86 bits per heavy atom. The second kappa shape index (κ2) is 1.31.